The number of para-hydroxylation sites is 1. The number of ether oxygens (including phenoxy) is 1. The summed E-state index contributed by atoms with van der Waals surface area (Å²) in [5.41, 5.74) is 6.62. The summed E-state index contributed by atoms with van der Waals surface area (Å²) in [5.74, 6) is 0.950. The van der Waals surface area contributed by atoms with Gasteiger partial charge in [0, 0.05) is 6.92 Å². The van der Waals surface area contributed by atoms with Crippen LogP contribution in [0.3, 0.4) is 0 Å². The largest absolute Gasteiger partial charge is 0.491 e. The summed E-state index contributed by atoms with van der Waals surface area (Å²) in [6.07, 6.45) is 0. The van der Waals surface area contributed by atoms with Crippen LogP contribution in [-0.2, 0) is 6.54 Å². The third kappa shape index (κ3) is 3.05. The molecule has 0 saturated heterocycles. The Labute approximate surface area is 116 Å². The first-order valence-corrected chi connectivity index (χ1v) is 6.20. The summed E-state index contributed by atoms with van der Waals surface area (Å²) in [6.45, 7) is 4.12. The van der Waals surface area contributed by atoms with Gasteiger partial charge in [-0.15, -0.1) is 0 Å². The monoisotopic (exact) mass is 276 g/mol. The van der Waals surface area contributed by atoms with Gasteiger partial charge >= 0.3 is 0 Å². The van der Waals surface area contributed by atoms with Crippen LogP contribution in [0.5, 0.6) is 5.75 Å². The number of carbonyl (C=O) groups is 1. The molecule has 106 valence electrons. The molecule has 0 spiro atoms. The number of nitrogen functional groups attached to an aromatic ring is 1. The van der Waals surface area contributed by atoms with Gasteiger partial charge < -0.3 is 20.3 Å². The van der Waals surface area contributed by atoms with Crippen LogP contribution in [0.25, 0.3) is 0 Å². The number of nitrogens with one attached hydrogen (secondary N) is 1. The van der Waals surface area contributed by atoms with Crippen LogP contribution in [0.1, 0.15) is 29.0 Å². The molecule has 7 heteroatoms. The van der Waals surface area contributed by atoms with Crippen molar-refractivity contribution in [1.82, 2.24) is 15.5 Å². The molecule has 0 radical (unpaired) electrons. The first-order valence-electron chi connectivity index (χ1n) is 6.20. The van der Waals surface area contributed by atoms with Crippen LogP contribution in [0.4, 0.5) is 5.69 Å². The van der Waals surface area contributed by atoms with Crippen molar-refractivity contribution < 1.29 is 14.1 Å². The molecule has 0 atom stereocenters. The Bertz CT molecular complexity index is 609. The summed E-state index contributed by atoms with van der Waals surface area (Å²) in [6, 6.07) is 5.04. The van der Waals surface area contributed by atoms with Crippen LogP contribution in [-0.4, -0.2) is 22.7 Å². The zero-order valence-electron chi connectivity index (χ0n) is 11.3. The van der Waals surface area contributed by atoms with Crippen LogP contribution >= 0.6 is 0 Å². The van der Waals surface area contributed by atoms with E-state index in [0.717, 1.165) is 0 Å². The highest BCUT2D eigenvalue weighted by Crippen LogP contribution is 2.26. The van der Waals surface area contributed by atoms with E-state index in [-0.39, 0.29) is 12.5 Å². The number of benzene rings is 1. The number of hydrogen-bond donors (Lipinski definition) is 2. The lowest BCUT2D eigenvalue weighted by Gasteiger charge is -2.12. The number of aromatic nitrogens is 2. The second-order valence-corrected chi connectivity index (χ2v) is 4.07. The smallest absolute Gasteiger partial charge is 0.255 e. The number of nitrogens with two attached hydrogens (primary N) is 1. The van der Waals surface area contributed by atoms with Gasteiger partial charge in [0.05, 0.1) is 24.4 Å². The minimum Gasteiger partial charge on any atom is -0.491 e. The van der Waals surface area contributed by atoms with Crippen molar-refractivity contribution >= 4 is 11.6 Å². The third-order valence-electron chi connectivity index (χ3n) is 2.56. The van der Waals surface area contributed by atoms with Crippen molar-refractivity contribution in [2.75, 3.05) is 12.3 Å². The van der Waals surface area contributed by atoms with Crippen molar-refractivity contribution in [1.29, 1.82) is 0 Å². The Balaban J connectivity index is 2.10. The van der Waals surface area contributed by atoms with E-state index in [9.17, 15) is 4.79 Å². The summed E-state index contributed by atoms with van der Waals surface area (Å²) in [5, 5.41) is 6.40. The van der Waals surface area contributed by atoms with Crippen molar-refractivity contribution in [2.24, 2.45) is 0 Å². The molecule has 1 aromatic heterocycles. The number of nitrogens with zero attached hydrogens (tertiary/aromatic N) is 2. The Morgan fingerprint density at radius 3 is 2.95 bits per heavy atom. The van der Waals surface area contributed by atoms with E-state index in [1.807, 2.05) is 6.92 Å². The molecule has 0 unspecified atom stereocenters. The van der Waals surface area contributed by atoms with Gasteiger partial charge in [0.2, 0.25) is 5.89 Å². The molecule has 0 bridgehead atoms. The topological polar surface area (TPSA) is 103 Å². The van der Waals surface area contributed by atoms with E-state index in [0.29, 0.717) is 35.3 Å². The molecule has 0 aliphatic rings. The lowest BCUT2D eigenvalue weighted by molar-refractivity contribution is 0.0946. The van der Waals surface area contributed by atoms with E-state index in [1.165, 1.54) is 0 Å². The molecule has 1 amide bonds. The van der Waals surface area contributed by atoms with Crippen LogP contribution in [0.2, 0.25) is 0 Å². The Morgan fingerprint density at radius 1 is 1.50 bits per heavy atom. The van der Waals surface area contributed by atoms with E-state index in [4.69, 9.17) is 15.0 Å². The Hall–Kier alpha value is -2.57. The summed E-state index contributed by atoms with van der Waals surface area (Å²) >= 11 is 0. The predicted molar refractivity (Wildman–Crippen MR) is 72.2 cm³/mol. The quantitative estimate of drug-likeness (QED) is 0.797. The van der Waals surface area contributed by atoms with Crippen LogP contribution in [0.15, 0.2) is 22.7 Å². The van der Waals surface area contributed by atoms with Gasteiger partial charge in [-0.05, 0) is 19.1 Å². The second-order valence-electron chi connectivity index (χ2n) is 4.07. The average molecular weight is 276 g/mol. The molecule has 0 aliphatic carbocycles. The molecule has 7 nitrogen and oxygen atoms in total. The maximum absolute atomic E-state index is 12.1. The molecule has 3 N–H and O–H groups in total. The Kier molecular flexibility index (Phi) is 4.19. The van der Waals surface area contributed by atoms with Crippen LogP contribution < -0.4 is 15.8 Å². The fraction of sp³-hybridized carbons (Fsp3) is 0.308. The maximum atomic E-state index is 12.1. The second kappa shape index (κ2) is 6.05. The van der Waals surface area contributed by atoms with Gasteiger partial charge in [-0.3, -0.25) is 4.79 Å². The number of hydrogen-bond acceptors (Lipinski definition) is 6. The normalized spacial score (nSPS) is 10.3. The van der Waals surface area contributed by atoms with Gasteiger partial charge in [-0.25, -0.2) is 0 Å². The van der Waals surface area contributed by atoms with Gasteiger partial charge in [-0.1, -0.05) is 11.2 Å². The van der Waals surface area contributed by atoms with Gasteiger partial charge in [-0.2, -0.15) is 4.98 Å². The van der Waals surface area contributed by atoms with E-state index in [2.05, 4.69) is 15.5 Å². The van der Waals surface area contributed by atoms with E-state index >= 15 is 0 Å². The highest BCUT2D eigenvalue weighted by molar-refractivity contribution is 5.98. The molecule has 2 rings (SSSR count). The third-order valence-corrected chi connectivity index (χ3v) is 2.56. The fourth-order valence-electron chi connectivity index (χ4n) is 1.71. The minimum atomic E-state index is -0.303. The highest BCUT2D eigenvalue weighted by Gasteiger charge is 2.15. The molecule has 1 heterocycles. The van der Waals surface area contributed by atoms with E-state index < -0.39 is 0 Å². The van der Waals surface area contributed by atoms with Crippen molar-refractivity contribution in [3.8, 4) is 5.75 Å². The minimum absolute atomic E-state index is 0.177. The molecule has 1 aromatic carbocycles. The molecule has 20 heavy (non-hydrogen) atoms. The van der Waals surface area contributed by atoms with Gasteiger partial charge in [0.15, 0.2) is 11.6 Å². The predicted octanol–water partition coefficient (Wildman–Crippen LogP) is 1.29. The zero-order valence-corrected chi connectivity index (χ0v) is 11.3. The maximum Gasteiger partial charge on any atom is 0.255 e. The molecule has 2 aromatic rings. The molecule has 0 saturated carbocycles. The standard InChI is InChI=1S/C13H16N4O3/c1-3-19-12-9(5-4-6-10(12)14)13(18)15-7-11-16-8(2)20-17-11/h4-6H,3,7,14H2,1-2H3,(H,15,18). The van der Waals surface area contributed by atoms with Crippen molar-refractivity contribution in [3.63, 3.8) is 0 Å². The average Bonchev–Trinajstić information content (AvgIpc) is 2.84. The van der Waals surface area contributed by atoms with Crippen LogP contribution in [0, 0.1) is 6.92 Å². The number of carbonyl (C=O) groups excluding carboxylic acids is 1. The lowest BCUT2D eigenvalue weighted by atomic mass is 10.1. The summed E-state index contributed by atoms with van der Waals surface area (Å²) in [4.78, 5) is 16.1. The summed E-state index contributed by atoms with van der Waals surface area (Å²) in [7, 11) is 0. The van der Waals surface area contributed by atoms with Crippen molar-refractivity contribution in [3.05, 3.63) is 35.5 Å². The SMILES string of the molecule is CCOc1c(N)cccc1C(=O)NCc1noc(C)n1. The molecule has 0 fully saturated rings. The highest BCUT2D eigenvalue weighted by atomic mass is 16.5. The molecule has 0 aliphatic heterocycles. The number of amides is 1. The van der Waals surface area contributed by atoms with E-state index in [1.54, 1.807) is 25.1 Å². The Morgan fingerprint density at radius 2 is 2.30 bits per heavy atom. The number of anilines is 1. The fourth-order valence-corrected chi connectivity index (χ4v) is 1.71. The zero-order chi connectivity index (χ0) is 14.5. The number of rotatable bonds is 5. The first-order chi connectivity index (χ1) is 9.61. The summed E-state index contributed by atoms with van der Waals surface area (Å²) < 4.78 is 10.2. The van der Waals surface area contributed by atoms with Gasteiger partial charge in [0.1, 0.15) is 0 Å². The number of aryl methyl sites for hydroxylation is 1. The molecular formula is C13H16N4O3. The van der Waals surface area contributed by atoms with Crippen molar-refractivity contribution in [2.45, 2.75) is 20.4 Å². The lowest BCUT2D eigenvalue weighted by Crippen LogP contribution is -2.24. The molecular weight excluding hydrogens is 260 g/mol. The first kappa shape index (κ1) is 13.9. The van der Waals surface area contributed by atoms with Gasteiger partial charge in [0.25, 0.3) is 5.91 Å².